The first kappa shape index (κ1) is 27.1. The van der Waals surface area contributed by atoms with Crippen molar-refractivity contribution in [1.29, 1.82) is 0 Å². The van der Waals surface area contributed by atoms with Crippen LogP contribution in [0.2, 0.25) is 5.02 Å². The fourth-order valence-corrected chi connectivity index (χ4v) is 3.73. The topological polar surface area (TPSA) is 171 Å². The minimum Gasteiger partial charge on any atom is -0.481 e. The zero-order chi connectivity index (χ0) is 28.1. The lowest BCUT2D eigenvalue weighted by molar-refractivity contribution is -0.137. The first-order chi connectivity index (χ1) is 18.6. The number of carbonyl (C=O) groups excluding carboxylic acids is 1. The van der Waals surface area contributed by atoms with Gasteiger partial charge in [-0.25, -0.2) is 19.1 Å². The number of nitrogens with one attached hydrogen (secondary N) is 1. The number of benzene rings is 2. The summed E-state index contributed by atoms with van der Waals surface area (Å²) < 4.78 is 7.82. The number of carbonyl (C=O) groups is 2. The van der Waals surface area contributed by atoms with Gasteiger partial charge in [-0.05, 0) is 54.4 Å². The molecule has 4 rings (SSSR count). The number of hydrogen-bond acceptors (Lipinski definition) is 8. The number of carboxylic acid groups (broad SMARTS) is 1. The van der Waals surface area contributed by atoms with Gasteiger partial charge in [-0.1, -0.05) is 23.7 Å². The Kier molecular flexibility index (Phi) is 8.06. The SMILES string of the molecule is Cc1cc(Nc2nc(=O)n(CCC(=O)O)c(=O)n2Cc2ccc(Cl)cc2)ccc1Oc1ccc(C(N)=O)cn1. The summed E-state index contributed by atoms with van der Waals surface area (Å²) in [6.07, 6.45) is 0.901. The summed E-state index contributed by atoms with van der Waals surface area (Å²) >= 11 is 5.97. The number of anilines is 2. The normalized spacial score (nSPS) is 10.7. The van der Waals surface area contributed by atoms with Gasteiger partial charge in [-0.3, -0.25) is 14.2 Å². The molecule has 0 saturated heterocycles. The summed E-state index contributed by atoms with van der Waals surface area (Å²) in [6.45, 7) is 1.52. The van der Waals surface area contributed by atoms with E-state index in [1.165, 1.54) is 22.9 Å². The van der Waals surface area contributed by atoms with E-state index in [4.69, 9.17) is 27.2 Å². The second-order valence-corrected chi connectivity index (χ2v) is 8.90. The van der Waals surface area contributed by atoms with Crippen LogP contribution >= 0.6 is 11.6 Å². The summed E-state index contributed by atoms with van der Waals surface area (Å²) in [5, 5.41) is 12.5. The Balaban J connectivity index is 1.64. The summed E-state index contributed by atoms with van der Waals surface area (Å²) in [5.74, 6) is -1.03. The number of pyridine rings is 1. The lowest BCUT2D eigenvalue weighted by Crippen LogP contribution is -2.43. The third-order valence-corrected chi connectivity index (χ3v) is 5.87. The van der Waals surface area contributed by atoms with E-state index in [0.29, 0.717) is 27.6 Å². The second kappa shape index (κ2) is 11.6. The quantitative estimate of drug-likeness (QED) is 0.268. The molecule has 2 aromatic heterocycles. The van der Waals surface area contributed by atoms with Crippen molar-refractivity contribution in [2.75, 3.05) is 5.32 Å². The molecule has 0 radical (unpaired) electrons. The molecule has 13 heteroatoms. The number of aryl methyl sites for hydroxylation is 1. The second-order valence-electron chi connectivity index (χ2n) is 8.47. The molecular formula is C26H23ClN6O6. The number of aromatic nitrogens is 4. The Morgan fingerprint density at radius 1 is 1.08 bits per heavy atom. The Bertz CT molecular complexity index is 1650. The van der Waals surface area contributed by atoms with Crippen LogP contribution < -0.4 is 27.2 Å². The molecule has 0 aliphatic rings. The van der Waals surface area contributed by atoms with Gasteiger partial charge in [0.1, 0.15) is 5.75 Å². The number of rotatable bonds is 10. The first-order valence-electron chi connectivity index (χ1n) is 11.6. The zero-order valence-corrected chi connectivity index (χ0v) is 21.4. The third-order valence-electron chi connectivity index (χ3n) is 5.62. The van der Waals surface area contributed by atoms with E-state index in [9.17, 15) is 19.2 Å². The fraction of sp³-hybridized carbons (Fsp3) is 0.154. The van der Waals surface area contributed by atoms with Gasteiger partial charge in [0.05, 0.1) is 18.5 Å². The van der Waals surface area contributed by atoms with E-state index in [1.54, 1.807) is 49.4 Å². The van der Waals surface area contributed by atoms with E-state index in [2.05, 4.69) is 15.3 Å². The highest BCUT2D eigenvalue weighted by Crippen LogP contribution is 2.27. The van der Waals surface area contributed by atoms with Crippen LogP contribution in [-0.4, -0.2) is 36.1 Å². The van der Waals surface area contributed by atoms with Crippen molar-refractivity contribution in [3.8, 4) is 11.6 Å². The van der Waals surface area contributed by atoms with Crippen LogP contribution in [0.15, 0.2) is 70.4 Å². The van der Waals surface area contributed by atoms with Crippen molar-refractivity contribution in [1.82, 2.24) is 19.1 Å². The standard InChI is InChI=1S/C26H23ClN6O6/c1-15-12-19(7-8-20(15)39-21-9-4-17(13-29-21)23(28)36)30-24-31-25(37)32(11-10-22(34)35)26(38)33(24)14-16-2-5-18(27)6-3-16/h2-9,12-13H,10-11,14H2,1H3,(H2,28,36)(H,34,35)(H,30,31,37). The Hall–Kier alpha value is -4.97. The largest absolute Gasteiger partial charge is 0.481 e. The number of nitrogens with two attached hydrogens (primary N) is 1. The molecule has 1 amide bonds. The van der Waals surface area contributed by atoms with Gasteiger partial charge in [0, 0.05) is 29.5 Å². The maximum absolute atomic E-state index is 13.2. The maximum atomic E-state index is 13.2. The maximum Gasteiger partial charge on any atom is 0.354 e. The van der Waals surface area contributed by atoms with Gasteiger partial charge in [-0.2, -0.15) is 4.98 Å². The number of amides is 1. The first-order valence-corrected chi connectivity index (χ1v) is 12.0. The van der Waals surface area contributed by atoms with E-state index < -0.39 is 29.7 Å². The molecule has 12 nitrogen and oxygen atoms in total. The molecule has 39 heavy (non-hydrogen) atoms. The monoisotopic (exact) mass is 550 g/mol. The number of primary amides is 1. The number of nitrogens with zero attached hydrogens (tertiary/aromatic N) is 4. The Labute approximate surface area is 226 Å². The van der Waals surface area contributed by atoms with Crippen molar-refractivity contribution in [2.45, 2.75) is 26.4 Å². The lowest BCUT2D eigenvalue weighted by Gasteiger charge is -2.16. The fourth-order valence-electron chi connectivity index (χ4n) is 3.61. The summed E-state index contributed by atoms with van der Waals surface area (Å²) in [7, 11) is 0. The van der Waals surface area contributed by atoms with Crippen molar-refractivity contribution in [3.05, 3.63) is 103 Å². The smallest absolute Gasteiger partial charge is 0.354 e. The number of ether oxygens (including phenoxy) is 1. The van der Waals surface area contributed by atoms with Crippen molar-refractivity contribution in [3.63, 3.8) is 0 Å². The van der Waals surface area contributed by atoms with Crippen LogP contribution in [0.3, 0.4) is 0 Å². The van der Waals surface area contributed by atoms with E-state index in [0.717, 1.165) is 4.57 Å². The minimum absolute atomic E-state index is 0.0247. The lowest BCUT2D eigenvalue weighted by atomic mass is 10.2. The highest BCUT2D eigenvalue weighted by molar-refractivity contribution is 6.30. The van der Waals surface area contributed by atoms with Crippen molar-refractivity contribution >= 4 is 35.1 Å². The van der Waals surface area contributed by atoms with Crippen LogP contribution in [0.5, 0.6) is 11.6 Å². The van der Waals surface area contributed by atoms with Crippen LogP contribution in [0, 0.1) is 6.92 Å². The van der Waals surface area contributed by atoms with E-state index in [1.807, 2.05) is 0 Å². The van der Waals surface area contributed by atoms with E-state index in [-0.39, 0.29) is 30.5 Å². The van der Waals surface area contributed by atoms with Crippen LogP contribution in [0.4, 0.5) is 11.6 Å². The van der Waals surface area contributed by atoms with E-state index >= 15 is 0 Å². The van der Waals surface area contributed by atoms with Gasteiger partial charge in [0.25, 0.3) is 0 Å². The van der Waals surface area contributed by atoms with Gasteiger partial charge in [0.2, 0.25) is 17.7 Å². The van der Waals surface area contributed by atoms with Gasteiger partial charge in [0.15, 0.2) is 0 Å². The average Bonchev–Trinajstić information content (AvgIpc) is 2.89. The zero-order valence-electron chi connectivity index (χ0n) is 20.6. The minimum atomic E-state index is -1.15. The number of carboxylic acids is 1. The molecule has 0 aliphatic carbocycles. The predicted molar refractivity (Wildman–Crippen MR) is 143 cm³/mol. The molecule has 2 heterocycles. The molecule has 4 aromatic rings. The van der Waals surface area contributed by atoms with Crippen LogP contribution in [-0.2, 0) is 17.9 Å². The van der Waals surface area contributed by atoms with Crippen LogP contribution in [0.1, 0.15) is 27.9 Å². The van der Waals surface area contributed by atoms with Gasteiger partial charge in [-0.15, -0.1) is 0 Å². The molecule has 200 valence electrons. The Morgan fingerprint density at radius 3 is 2.44 bits per heavy atom. The highest BCUT2D eigenvalue weighted by atomic mass is 35.5. The predicted octanol–water partition coefficient (Wildman–Crippen LogP) is 2.92. The third kappa shape index (κ3) is 6.67. The summed E-state index contributed by atoms with van der Waals surface area (Å²) in [5.41, 5.74) is 5.81. The molecule has 0 spiro atoms. The van der Waals surface area contributed by atoms with Crippen molar-refractivity contribution < 1.29 is 19.4 Å². The number of hydrogen-bond donors (Lipinski definition) is 3. The molecule has 0 unspecified atom stereocenters. The Morgan fingerprint density at radius 2 is 1.82 bits per heavy atom. The molecule has 0 aliphatic heterocycles. The molecule has 2 aromatic carbocycles. The molecule has 0 saturated carbocycles. The molecule has 4 N–H and O–H groups in total. The highest BCUT2D eigenvalue weighted by Gasteiger charge is 2.16. The molecule has 0 atom stereocenters. The molecular weight excluding hydrogens is 528 g/mol. The summed E-state index contributed by atoms with van der Waals surface area (Å²) in [6, 6.07) is 14.9. The molecule has 0 bridgehead atoms. The average molecular weight is 551 g/mol. The van der Waals surface area contributed by atoms with Gasteiger partial charge >= 0.3 is 17.3 Å². The number of halogens is 1. The summed E-state index contributed by atoms with van der Waals surface area (Å²) in [4.78, 5) is 56.2. The number of aliphatic carboxylic acids is 1. The van der Waals surface area contributed by atoms with Crippen LogP contribution in [0.25, 0.3) is 0 Å². The molecule has 0 fully saturated rings. The van der Waals surface area contributed by atoms with Gasteiger partial charge < -0.3 is 20.9 Å². The van der Waals surface area contributed by atoms with Crippen molar-refractivity contribution in [2.24, 2.45) is 5.73 Å².